The maximum atomic E-state index is 13.6. The minimum absolute atomic E-state index is 0.0354. The number of anilines is 2. The van der Waals surface area contributed by atoms with E-state index in [1.54, 1.807) is 21.8 Å². The Balaban J connectivity index is 1.18. The highest BCUT2D eigenvalue weighted by atomic mass is 16.2. The molecule has 1 aliphatic heterocycles. The van der Waals surface area contributed by atoms with Gasteiger partial charge in [-0.05, 0) is 55.2 Å². The molecule has 0 atom stereocenters. The number of rotatable bonds is 7. The molecule has 11 nitrogen and oxygen atoms in total. The quantitative estimate of drug-likeness (QED) is 0.348. The summed E-state index contributed by atoms with van der Waals surface area (Å²) in [4.78, 5) is 41.9. The molecule has 6 rings (SSSR count). The Kier molecular flexibility index (Phi) is 7.49. The summed E-state index contributed by atoms with van der Waals surface area (Å²) in [6, 6.07) is 6.32. The number of hydrogen-bond donors (Lipinski definition) is 2. The Morgan fingerprint density at radius 3 is 2.43 bits per heavy atom. The molecule has 0 spiro atoms. The number of aryl methyl sites for hydroxylation is 5. The molecule has 1 aromatic carbocycles. The first-order valence-corrected chi connectivity index (χ1v) is 14.7. The van der Waals surface area contributed by atoms with E-state index in [2.05, 4.69) is 51.7 Å². The summed E-state index contributed by atoms with van der Waals surface area (Å²) >= 11 is 0. The molecule has 2 aliphatic rings. The molecule has 218 valence electrons. The van der Waals surface area contributed by atoms with Crippen molar-refractivity contribution in [1.82, 2.24) is 34.2 Å². The number of nitrogens with zero attached hydrogens (tertiary/aromatic N) is 7. The van der Waals surface area contributed by atoms with Crippen molar-refractivity contribution in [1.29, 1.82) is 0 Å². The van der Waals surface area contributed by atoms with Crippen molar-refractivity contribution in [2.24, 2.45) is 14.1 Å². The Morgan fingerprint density at radius 2 is 1.76 bits per heavy atom. The van der Waals surface area contributed by atoms with Crippen LogP contribution in [0, 0.1) is 0 Å². The van der Waals surface area contributed by atoms with Crippen LogP contribution < -0.4 is 10.6 Å². The molecule has 2 N–H and O–H groups in total. The van der Waals surface area contributed by atoms with Gasteiger partial charge in [0.2, 0.25) is 5.95 Å². The number of aromatic nitrogens is 6. The number of carbonyl (C=O) groups excluding carboxylic acids is 2. The van der Waals surface area contributed by atoms with Crippen molar-refractivity contribution in [3.8, 4) is 11.4 Å². The summed E-state index contributed by atoms with van der Waals surface area (Å²) in [7, 11) is 3.73. The van der Waals surface area contributed by atoms with Crippen LogP contribution in [0.1, 0.15) is 69.9 Å². The van der Waals surface area contributed by atoms with Crippen molar-refractivity contribution in [3.05, 3.63) is 70.6 Å². The Morgan fingerprint density at radius 1 is 1.02 bits per heavy atom. The lowest BCUT2D eigenvalue weighted by molar-refractivity contribution is 0.0712. The van der Waals surface area contributed by atoms with Crippen molar-refractivity contribution < 1.29 is 9.59 Å². The van der Waals surface area contributed by atoms with Crippen molar-refractivity contribution in [2.75, 3.05) is 23.7 Å². The molecule has 0 unspecified atom stereocenters. The lowest BCUT2D eigenvalue weighted by Gasteiger charge is -2.32. The van der Waals surface area contributed by atoms with E-state index in [-0.39, 0.29) is 17.9 Å². The van der Waals surface area contributed by atoms with E-state index >= 15 is 0 Å². The van der Waals surface area contributed by atoms with Crippen LogP contribution in [0.3, 0.4) is 0 Å². The average Bonchev–Trinajstić information content (AvgIpc) is 3.60. The molecule has 3 aromatic heterocycles. The molecule has 42 heavy (non-hydrogen) atoms. The second-order valence-electron chi connectivity index (χ2n) is 11.1. The van der Waals surface area contributed by atoms with Crippen molar-refractivity contribution in [3.63, 3.8) is 0 Å². The second-order valence-corrected chi connectivity index (χ2v) is 11.1. The van der Waals surface area contributed by atoms with Crippen LogP contribution in [0.15, 0.2) is 36.9 Å². The van der Waals surface area contributed by atoms with Crippen LogP contribution in [-0.4, -0.2) is 65.1 Å². The molecule has 0 bridgehead atoms. The molecule has 0 saturated carbocycles. The summed E-state index contributed by atoms with van der Waals surface area (Å²) in [5.41, 5.74) is 7.69. The highest BCUT2D eigenvalue weighted by Crippen LogP contribution is 2.35. The lowest BCUT2D eigenvalue weighted by atomic mass is 9.93. The number of hydrogen-bond acceptors (Lipinski definition) is 7. The number of amides is 2. The van der Waals surface area contributed by atoms with Gasteiger partial charge in [0.15, 0.2) is 5.69 Å². The molecule has 1 saturated heterocycles. The van der Waals surface area contributed by atoms with Gasteiger partial charge in [-0.3, -0.25) is 14.3 Å². The number of fused-ring (bicyclic) bond motifs is 3. The summed E-state index contributed by atoms with van der Waals surface area (Å²) in [6.07, 6.45) is 9.98. The monoisotopic (exact) mass is 567 g/mol. The van der Waals surface area contributed by atoms with E-state index in [9.17, 15) is 9.59 Å². The van der Waals surface area contributed by atoms with E-state index in [0.29, 0.717) is 36.8 Å². The largest absolute Gasteiger partial charge is 0.351 e. The molecule has 0 radical (unpaired) electrons. The zero-order chi connectivity index (χ0) is 29.4. The van der Waals surface area contributed by atoms with E-state index in [4.69, 9.17) is 4.98 Å². The Bertz CT molecular complexity index is 1620. The van der Waals surface area contributed by atoms with E-state index in [1.165, 1.54) is 0 Å². The summed E-state index contributed by atoms with van der Waals surface area (Å²) < 4.78 is 3.55. The number of likely N-dealkylation sites (tertiary alicyclic amines) is 1. The first-order valence-electron chi connectivity index (χ1n) is 14.7. The van der Waals surface area contributed by atoms with Gasteiger partial charge in [0.05, 0.1) is 17.7 Å². The highest BCUT2D eigenvalue weighted by Gasteiger charge is 2.30. The van der Waals surface area contributed by atoms with Gasteiger partial charge >= 0.3 is 0 Å². The smallest absolute Gasteiger partial charge is 0.276 e. The Labute approximate surface area is 245 Å². The van der Waals surface area contributed by atoms with Gasteiger partial charge in [-0.1, -0.05) is 32.0 Å². The fraction of sp³-hybridized carbons (Fsp3) is 0.419. The fourth-order valence-electron chi connectivity index (χ4n) is 6.08. The maximum absolute atomic E-state index is 13.6. The predicted octanol–water partition coefficient (Wildman–Crippen LogP) is 3.80. The molecule has 4 heterocycles. The number of para-hydroxylation sites is 1. The van der Waals surface area contributed by atoms with Crippen molar-refractivity contribution in [2.45, 2.75) is 58.4 Å². The topological polar surface area (TPSA) is 123 Å². The van der Waals surface area contributed by atoms with E-state index in [1.807, 2.05) is 31.3 Å². The molecular weight excluding hydrogens is 530 g/mol. The van der Waals surface area contributed by atoms with Gasteiger partial charge in [-0.2, -0.15) is 5.10 Å². The molecule has 11 heteroatoms. The number of imidazole rings is 1. The first kappa shape index (κ1) is 27.6. The van der Waals surface area contributed by atoms with Crippen LogP contribution in [0.25, 0.3) is 11.4 Å². The lowest BCUT2D eigenvalue weighted by Crippen LogP contribution is -2.42. The van der Waals surface area contributed by atoms with Crippen LogP contribution in [-0.2, 0) is 39.8 Å². The normalized spacial score (nSPS) is 14.8. The van der Waals surface area contributed by atoms with Gasteiger partial charge in [-0.15, -0.1) is 0 Å². The number of benzene rings is 1. The molecule has 1 fully saturated rings. The number of nitrogens with one attached hydrogen (secondary N) is 2. The second kappa shape index (κ2) is 11.4. The van der Waals surface area contributed by atoms with Gasteiger partial charge in [0.1, 0.15) is 5.69 Å². The first-order chi connectivity index (χ1) is 20.4. The maximum Gasteiger partial charge on any atom is 0.276 e. The van der Waals surface area contributed by atoms with Gasteiger partial charge in [-0.25, -0.2) is 15.0 Å². The molecular formula is C31H37N9O2. The van der Waals surface area contributed by atoms with Crippen LogP contribution in [0.2, 0.25) is 0 Å². The van der Waals surface area contributed by atoms with Gasteiger partial charge < -0.3 is 20.1 Å². The third-order valence-corrected chi connectivity index (χ3v) is 8.37. The van der Waals surface area contributed by atoms with Gasteiger partial charge in [0, 0.05) is 56.9 Å². The van der Waals surface area contributed by atoms with E-state index < -0.39 is 0 Å². The van der Waals surface area contributed by atoms with Crippen LogP contribution >= 0.6 is 0 Å². The van der Waals surface area contributed by atoms with Gasteiger partial charge in [0.25, 0.3) is 11.8 Å². The predicted molar refractivity (Wildman–Crippen MR) is 161 cm³/mol. The summed E-state index contributed by atoms with van der Waals surface area (Å²) in [5.74, 6) is 0.324. The average molecular weight is 568 g/mol. The number of piperidine rings is 1. The minimum Gasteiger partial charge on any atom is -0.351 e. The highest BCUT2D eigenvalue weighted by molar-refractivity contribution is 6.06. The standard InChI is InChI=1S/C31H37N9O2/c1-5-19-8-7-9-20(6-2)25(19)35-29(41)27-23-11-10-21-16-32-31(36-26(21)28(23)39(4)37-27)34-22-12-14-40(15-13-22)30(42)24-17-38(3)18-33-24/h7-9,16-18,22H,5-6,10-15H2,1-4H3,(H,35,41)(H,32,34,36). The molecule has 4 aromatic rings. The SMILES string of the molecule is CCc1cccc(CC)c1NC(=O)c1nn(C)c2c1CCc1cnc(NC3CCN(C(=O)c4cn(C)cn4)CC3)nc1-2. The van der Waals surface area contributed by atoms with Crippen molar-refractivity contribution >= 4 is 23.5 Å². The third kappa shape index (κ3) is 5.15. The summed E-state index contributed by atoms with van der Waals surface area (Å²) in [5, 5.41) is 11.3. The molecule has 2 amide bonds. The van der Waals surface area contributed by atoms with Crippen LogP contribution in [0.5, 0.6) is 0 Å². The molecule has 1 aliphatic carbocycles. The van der Waals surface area contributed by atoms with Crippen LogP contribution in [0.4, 0.5) is 11.6 Å². The summed E-state index contributed by atoms with van der Waals surface area (Å²) in [6.45, 7) is 5.48. The Hall–Kier alpha value is -4.54. The zero-order valence-corrected chi connectivity index (χ0v) is 24.6. The fourth-order valence-corrected chi connectivity index (χ4v) is 6.08. The van der Waals surface area contributed by atoms with E-state index in [0.717, 1.165) is 71.4 Å². The zero-order valence-electron chi connectivity index (χ0n) is 24.6. The number of carbonyl (C=O) groups is 2. The third-order valence-electron chi connectivity index (χ3n) is 8.37. The minimum atomic E-state index is -0.190.